The van der Waals surface area contributed by atoms with E-state index in [1.54, 1.807) is 32.9 Å². The summed E-state index contributed by atoms with van der Waals surface area (Å²) >= 11 is 6.10. The molecule has 0 spiro atoms. The van der Waals surface area contributed by atoms with E-state index < -0.39 is 35.9 Å². The van der Waals surface area contributed by atoms with Crippen LogP contribution in [0.15, 0.2) is 42.5 Å². The van der Waals surface area contributed by atoms with Gasteiger partial charge >= 0.3 is 12.3 Å². The first-order valence-electron chi connectivity index (χ1n) is 11.8. The minimum atomic E-state index is -4.65. The number of carbonyl (C=O) groups is 2. The summed E-state index contributed by atoms with van der Waals surface area (Å²) in [5.41, 5.74) is -0.360. The fourth-order valence-electron chi connectivity index (χ4n) is 4.08. The number of rotatable bonds is 7. The Bertz CT molecular complexity index is 1100. The summed E-state index contributed by atoms with van der Waals surface area (Å²) in [5, 5.41) is 5.44. The number of amides is 2. The van der Waals surface area contributed by atoms with Crippen LogP contribution in [0.1, 0.15) is 50.8 Å². The van der Waals surface area contributed by atoms with Gasteiger partial charge in [0, 0.05) is 23.8 Å². The molecule has 2 amide bonds. The number of nitrogens with one attached hydrogen (secondary N) is 2. The van der Waals surface area contributed by atoms with Crippen molar-refractivity contribution in [3.63, 3.8) is 0 Å². The zero-order valence-corrected chi connectivity index (χ0v) is 21.9. The maximum absolute atomic E-state index is 14.2. The van der Waals surface area contributed by atoms with Crippen LogP contribution in [-0.4, -0.2) is 48.4 Å². The molecule has 1 aliphatic rings. The number of methoxy groups -OCH3 is 1. The van der Waals surface area contributed by atoms with E-state index in [1.165, 1.54) is 42.3 Å². The van der Waals surface area contributed by atoms with E-state index in [9.17, 15) is 22.8 Å². The van der Waals surface area contributed by atoms with Crippen LogP contribution in [0.25, 0.3) is 0 Å². The first-order valence-corrected chi connectivity index (χ1v) is 12.2. The molecule has 2 aromatic rings. The predicted octanol–water partition coefficient (Wildman–Crippen LogP) is 6.08. The van der Waals surface area contributed by atoms with E-state index in [1.807, 2.05) is 0 Å². The van der Waals surface area contributed by atoms with Gasteiger partial charge in [-0.2, -0.15) is 13.2 Å². The Labute approximate surface area is 219 Å². The number of hydrogen-bond donors (Lipinski definition) is 2. The highest BCUT2D eigenvalue weighted by molar-refractivity contribution is 6.30. The fraction of sp³-hybridized carbons (Fsp3) is 0.462. The van der Waals surface area contributed by atoms with E-state index in [-0.39, 0.29) is 28.4 Å². The van der Waals surface area contributed by atoms with Crippen LogP contribution in [-0.2, 0) is 16.1 Å². The Hall–Kier alpha value is -3.14. The molecule has 3 rings (SSSR count). The molecule has 1 saturated heterocycles. The topological polar surface area (TPSA) is 79.9 Å². The zero-order chi connectivity index (χ0) is 27.4. The van der Waals surface area contributed by atoms with Gasteiger partial charge in [0.2, 0.25) is 5.91 Å². The average molecular weight is 542 g/mol. The van der Waals surface area contributed by atoms with Gasteiger partial charge in [0.05, 0.1) is 7.11 Å². The fourth-order valence-corrected chi connectivity index (χ4v) is 4.27. The van der Waals surface area contributed by atoms with Gasteiger partial charge < -0.3 is 20.1 Å². The molecular weight excluding hydrogens is 511 g/mol. The molecule has 0 aliphatic carbocycles. The van der Waals surface area contributed by atoms with Gasteiger partial charge in [-0.15, -0.1) is 0 Å². The second-order valence-corrected chi connectivity index (χ2v) is 10.2. The highest BCUT2D eigenvalue weighted by Crippen LogP contribution is 2.38. The van der Waals surface area contributed by atoms with Gasteiger partial charge in [0.1, 0.15) is 23.4 Å². The molecular formula is C26H31ClF3N3O4. The molecule has 0 saturated carbocycles. The quantitative estimate of drug-likeness (QED) is 0.444. The van der Waals surface area contributed by atoms with E-state index in [0.29, 0.717) is 25.1 Å². The standard InChI is InChI=1S/C26H31ClF3N3O4/c1-25(2,3)37-24(35)33-13-5-6-21(33)23(34)31-15-16-14-17(27)7-12-20(16)22(26(28,29)30)32-18-8-10-19(36-4)11-9-18/h7-12,14,21-22,32H,5-6,13,15H2,1-4H3,(H,31,34)/t21-,22?/m0/s1. The maximum Gasteiger partial charge on any atom is 0.412 e. The number of carbonyl (C=O) groups excluding carboxylic acids is 2. The van der Waals surface area contributed by atoms with E-state index in [0.717, 1.165) is 0 Å². The minimum absolute atomic E-state index is 0.0801. The molecule has 0 aromatic heterocycles. The molecule has 2 aromatic carbocycles. The Morgan fingerprint density at radius 3 is 2.41 bits per heavy atom. The van der Waals surface area contributed by atoms with Crippen LogP contribution in [0, 0.1) is 0 Å². The van der Waals surface area contributed by atoms with Crippen molar-refractivity contribution in [2.45, 2.75) is 64.0 Å². The van der Waals surface area contributed by atoms with Crippen LogP contribution in [0.5, 0.6) is 5.75 Å². The van der Waals surface area contributed by atoms with Crippen LogP contribution in [0.4, 0.5) is 23.7 Å². The normalized spacial score (nSPS) is 16.8. The lowest BCUT2D eigenvalue weighted by molar-refractivity contribution is -0.144. The number of hydrogen-bond acceptors (Lipinski definition) is 5. The molecule has 0 bridgehead atoms. The Morgan fingerprint density at radius 1 is 1.14 bits per heavy atom. The van der Waals surface area contributed by atoms with E-state index in [4.69, 9.17) is 21.1 Å². The van der Waals surface area contributed by atoms with Gasteiger partial charge in [-0.3, -0.25) is 9.69 Å². The van der Waals surface area contributed by atoms with Crippen LogP contribution in [0.2, 0.25) is 5.02 Å². The second-order valence-electron chi connectivity index (χ2n) is 9.74. The van der Waals surface area contributed by atoms with Crippen molar-refractivity contribution in [1.29, 1.82) is 0 Å². The van der Waals surface area contributed by atoms with Crippen molar-refractivity contribution in [2.75, 3.05) is 19.0 Å². The number of benzene rings is 2. The Balaban J connectivity index is 1.79. The van der Waals surface area contributed by atoms with Crippen molar-refractivity contribution >= 4 is 29.3 Å². The summed E-state index contributed by atoms with van der Waals surface area (Å²) in [5.74, 6) is 0.0392. The highest BCUT2D eigenvalue weighted by atomic mass is 35.5. The highest BCUT2D eigenvalue weighted by Gasteiger charge is 2.42. The summed E-state index contributed by atoms with van der Waals surface area (Å²) in [6.45, 7) is 5.34. The third kappa shape index (κ3) is 7.67. The first kappa shape index (κ1) is 28.4. The monoisotopic (exact) mass is 541 g/mol. The molecule has 1 aliphatic heterocycles. The lowest BCUT2D eigenvalue weighted by Gasteiger charge is -2.28. The van der Waals surface area contributed by atoms with Gasteiger partial charge in [-0.05, 0) is 81.1 Å². The van der Waals surface area contributed by atoms with Crippen molar-refractivity contribution in [3.05, 3.63) is 58.6 Å². The molecule has 7 nitrogen and oxygen atoms in total. The third-order valence-corrected chi connectivity index (χ3v) is 6.02. The molecule has 1 fully saturated rings. The van der Waals surface area contributed by atoms with Crippen molar-refractivity contribution in [2.24, 2.45) is 0 Å². The van der Waals surface area contributed by atoms with Crippen molar-refractivity contribution in [1.82, 2.24) is 10.2 Å². The van der Waals surface area contributed by atoms with Gasteiger partial charge in [0.15, 0.2) is 0 Å². The molecule has 2 N–H and O–H groups in total. The van der Waals surface area contributed by atoms with Gasteiger partial charge in [0.25, 0.3) is 0 Å². The van der Waals surface area contributed by atoms with Gasteiger partial charge in [-0.25, -0.2) is 4.79 Å². The third-order valence-electron chi connectivity index (χ3n) is 5.78. The largest absolute Gasteiger partial charge is 0.497 e. The summed E-state index contributed by atoms with van der Waals surface area (Å²) < 4.78 is 53.0. The summed E-state index contributed by atoms with van der Waals surface area (Å²) in [6, 6.07) is 7.31. The number of halogens is 4. The lowest BCUT2D eigenvalue weighted by Crippen LogP contribution is -2.47. The second kappa shape index (κ2) is 11.5. The number of anilines is 1. The number of likely N-dealkylation sites (tertiary alicyclic amines) is 1. The van der Waals surface area contributed by atoms with Crippen LogP contribution >= 0.6 is 11.6 Å². The number of ether oxygens (including phenoxy) is 2. The maximum atomic E-state index is 14.2. The Morgan fingerprint density at radius 2 is 1.81 bits per heavy atom. The molecule has 11 heteroatoms. The van der Waals surface area contributed by atoms with Crippen LogP contribution < -0.4 is 15.4 Å². The predicted molar refractivity (Wildman–Crippen MR) is 135 cm³/mol. The van der Waals surface area contributed by atoms with E-state index >= 15 is 0 Å². The van der Waals surface area contributed by atoms with Crippen molar-refractivity contribution in [3.8, 4) is 5.75 Å². The first-order chi connectivity index (χ1) is 17.3. The average Bonchev–Trinajstić information content (AvgIpc) is 3.30. The molecule has 202 valence electrons. The molecule has 2 atom stereocenters. The van der Waals surface area contributed by atoms with Gasteiger partial charge in [-0.1, -0.05) is 17.7 Å². The number of nitrogens with zero attached hydrogens (tertiary/aromatic N) is 1. The summed E-state index contributed by atoms with van der Waals surface area (Å²) in [4.78, 5) is 26.8. The minimum Gasteiger partial charge on any atom is -0.497 e. The Kier molecular flexibility index (Phi) is 8.84. The molecule has 1 unspecified atom stereocenters. The summed E-state index contributed by atoms with van der Waals surface area (Å²) in [7, 11) is 1.47. The van der Waals surface area contributed by atoms with Crippen LogP contribution in [0.3, 0.4) is 0 Å². The summed E-state index contributed by atoms with van der Waals surface area (Å²) in [6.07, 6.45) is -4.21. The number of alkyl halides is 3. The molecule has 0 radical (unpaired) electrons. The smallest absolute Gasteiger partial charge is 0.412 e. The van der Waals surface area contributed by atoms with Crippen molar-refractivity contribution < 1.29 is 32.2 Å². The zero-order valence-electron chi connectivity index (χ0n) is 21.1. The SMILES string of the molecule is COc1ccc(NC(c2ccc(Cl)cc2CNC(=O)[C@@H]2CCCN2C(=O)OC(C)(C)C)C(F)(F)F)cc1. The van der Waals surface area contributed by atoms with E-state index in [2.05, 4.69) is 10.6 Å². The molecule has 1 heterocycles. The lowest BCUT2D eigenvalue weighted by atomic mass is 9.99. The molecule has 37 heavy (non-hydrogen) atoms.